The van der Waals surface area contributed by atoms with Crippen molar-refractivity contribution in [1.29, 1.82) is 0 Å². The minimum atomic E-state index is -1.17. The summed E-state index contributed by atoms with van der Waals surface area (Å²) in [7, 11) is 0. The van der Waals surface area contributed by atoms with Crippen molar-refractivity contribution < 1.29 is 24.2 Å². The zero-order chi connectivity index (χ0) is 15.0. The monoisotopic (exact) mass is 301 g/mol. The van der Waals surface area contributed by atoms with Crippen molar-refractivity contribution in [2.24, 2.45) is 0 Å². The molecule has 0 aliphatic carbocycles. The lowest BCUT2D eigenvalue weighted by Gasteiger charge is -2.12. The predicted octanol–water partition coefficient (Wildman–Crippen LogP) is 1.01. The molecule has 0 radical (unpaired) electrons. The van der Waals surface area contributed by atoms with E-state index < -0.39 is 17.9 Å². The summed E-state index contributed by atoms with van der Waals surface area (Å²) in [6.07, 6.45) is -0.0241. The van der Waals surface area contributed by atoms with E-state index in [1.165, 1.54) is 23.9 Å². The van der Waals surface area contributed by atoms with Crippen molar-refractivity contribution in [2.75, 3.05) is 12.4 Å². The second kappa shape index (κ2) is 8.55. The number of carbonyl (C=O) groups excluding carboxylic acids is 1. The number of hydrogen-bond donors (Lipinski definition) is 3. The Morgan fingerprint density at radius 2 is 1.95 bits per heavy atom. The quantitative estimate of drug-likeness (QED) is 0.667. The summed E-state index contributed by atoms with van der Waals surface area (Å²) in [5.74, 6) is -1.25. The molecule has 0 aromatic heterocycles. The van der Waals surface area contributed by atoms with Crippen LogP contribution in [0.3, 0.4) is 0 Å². The van der Waals surface area contributed by atoms with Crippen LogP contribution in [0.25, 0.3) is 0 Å². The van der Waals surface area contributed by atoms with Crippen molar-refractivity contribution in [3.8, 4) is 0 Å². The summed E-state index contributed by atoms with van der Waals surface area (Å²) in [6.45, 7) is -0.306. The van der Waals surface area contributed by atoms with Crippen LogP contribution < -0.4 is 5.32 Å². The van der Waals surface area contributed by atoms with Crippen molar-refractivity contribution in [1.82, 2.24) is 5.32 Å². The molecule has 0 aliphatic heterocycles. The van der Waals surface area contributed by atoms with Gasteiger partial charge in [0.05, 0.1) is 5.75 Å². The van der Waals surface area contributed by atoms with E-state index >= 15 is 0 Å². The highest BCUT2D eigenvalue weighted by atomic mass is 32.2. The average Bonchev–Trinajstić information content (AvgIpc) is 2.40. The van der Waals surface area contributed by atoms with Crippen molar-refractivity contribution >= 4 is 23.6 Å². The van der Waals surface area contributed by atoms with E-state index in [1.807, 2.05) is 0 Å². The zero-order valence-corrected chi connectivity index (χ0v) is 11.5. The van der Waals surface area contributed by atoms with Gasteiger partial charge in [-0.15, -0.1) is 11.8 Å². The number of carbonyl (C=O) groups is 2. The van der Waals surface area contributed by atoms with Gasteiger partial charge in [-0.1, -0.05) is 12.1 Å². The average molecular weight is 301 g/mol. The fraction of sp³-hybridized carbons (Fsp3) is 0.385. The smallest absolute Gasteiger partial charge is 0.326 e. The highest BCUT2D eigenvalue weighted by molar-refractivity contribution is 7.99. The molecular weight excluding hydrogens is 285 g/mol. The number of aliphatic carboxylic acids is 1. The molecule has 0 spiro atoms. The maximum atomic E-state index is 12.7. The maximum Gasteiger partial charge on any atom is 0.326 e. The number of amides is 1. The molecule has 7 heteroatoms. The minimum absolute atomic E-state index is 0.0241. The normalized spacial score (nSPS) is 11.9. The van der Waals surface area contributed by atoms with Crippen LogP contribution >= 0.6 is 11.8 Å². The van der Waals surface area contributed by atoms with Gasteiger partial charge in [0, 0.05) is 18.8 Å². The lowest BCUT2D eigenvalue weighted by Crippen LogP contribution is -2.42. The third-order valence-corrected chi connectivity index (χ3v) is 3.47. The van der Waals surface area contributed by atoms with Crippen LogP contribution in [0.2, 0.25) is 0 Å². The molecule has 0 aliphatic rings. The molecule has 0 saturated carbocycles. The maximum absolute atomic E-state index is 12.7. The topological polar surface area (TPSA) is 86.6 Å². The first-order valence-electron chi connectivity index (χ1n) is 5.98. The highest BCUT2D eigenvalue weighted by Gasteiger charge is 2.18. The number of nitrogens with one attached hydrogen (secondary N) is 1. The van der Waals surface area contributed by atoms with Crippen LogP contribution in [0, 0.1) is 5.82 Å². The molecule has 1 aromatic carbocycles. The van der Waals surface area contributed by atoms with E-state index in [4.69, 9.17) is 10.2 Å². The number of carboxylic acid groups (broad SMARTS) is 1. The van der Waals surface area contributed by atoms with Crippen LogP contribution in [0.4, 0.5) is 4.39 Å². The summed E-state index contributed by atoms with van der Waals surface area (Å²) in [5.41, 5.74) is 0.884. The molecule has 20 heavy (non-hydrogen) atoms. The van der Waals surface area contributed by atoms with Gasteiger partial charge in [0.25, 0.3) is 0 Å². The largest absolute Gasteiger partial charge is 0.480 e. The summed E-state index contributed by atoms with van der Waals surface area (Å²) < 4.78 is 12.7. The van der Waals surface area contributed by atoms with Crippen LogP contribution in [0.1, 0.15) is 12.0 Å². The second-order valence-corrected chi connectivity index (χ2v) is 5.08. The van der Waals surface area contributed by atoms with E-state index in [0.29, 0.717) is 5.75 Å². The Kier molecular flexibility index (Phi) is 7.03. The molecule has 1 aromatic rings. The number of thioether (sulfide) groups is 1. The van der Waals surface area contributed by atoms with Crippen LogP contribution in [0.5, 0.6) is 0 Å². The number of benzene rings is 1. The first kappa shape index (κ1) is 16.5. The highest BCUT2D eigenvalue weighted by Crippen LogP contribution is 2.12. The molecule has 0 fully saturated rings. The van der Waals surface area contributed by atoms with E-state index in [2.05, 4.69) is 5.32 Å². The van der Waals surface area contributed by atoms with Gasteiger partial charge in [-0.05, 0) is 17.7 Å². The van der Waals surface area contributed by atoms with E-state index in [1.54, 1.807) is 12.1 Å². The first-order valence-corrected chi connectivity index (χ1v) is 7.13. The Balaban J connectivity index is 2.32. The number of halogens is 1. The Bertz CT molecular complexity index is 452. The van der Waals surface area contributed by atoms with Gasteiger partial charge < -0.3 is 15.5 Å². The number of aliphatic hydroxyl groups is 1. The molecule has 0 bridgehead atoms. The van der Waals surface area contributed by atoms with Gasteiger partial charge in [0.2, 0.25) is 5.91 Å². The van der Waals surface area contributed by atoms with Gasteiger partial charge in [-0.2, -0.15) is 0 Å². The minimum Gasteiger partial charge on any atom is -0.480 e. The van der Waals surface area contributed by atoms with Crippen molar-refractivity contribution in [2.45, 2.75) is 18.2 Å². The standard InChI is InChI=1S/C13H16FNO4S/c14-10-3-1-9(2-4-10)7-20-8-12(17)15-11(5-6-16)13(18)19/h1-4,11,16H,5-8H2,(H,15,17)(H,18,19). The third-order valence-electron chi connectivity index (χ3n) is 2.47. The molecule has 110 valence electrons. The lowest BCUT2D eigenvalue weighted by molar-refractivity contribution is -0.141. The van der Waals surface area contributed by atoms with E-state index in [0.717, 1.165) is 5.56 Å². The van der Waals surface area contributed by atoms with E-state index in [-0.39, 0.29) is 24.6 Å². The van der Waals surface area contributed by atoms with Crippen molar-refractivity contribution in [3.63, 3.8) is 0 Å². The van der Waals surface area contributed by atoms with Crippen molar-refractivity contribution in [3.05, 3.63) is 35.6 Å². The number of rotatable bonds is 8. The van der Waals surface area contributed by atoms with Gasteiger partial charge in [-0.25, -0.2) is 9.18 Å². The van der Waals surface area contributed by atoms with Gasteiger partial charge in [-0.3, -0.25) is 4.79 Å². The molecule has 1 unspecified atom stereocenters. The summed E-state index contributed by atoms with van der Waals surface area (Å²) in [5, 5.41) is 19.8. The third kappa shape index (κ3) is 6.03. The molecule has 0 heterocycles. The summed E-state index contributed by atoms with van der Waals surface area (Å²) in [4.78, 5) is 22.3. The Morgan fingerprint density at radius 3 is 2.50 bits per heavy atom. The SMILES string of the molecule is O=C(CSCc1ccc(F)cc1)NC(CCO)C(=O)O. The van der Waals surface area contributed by atoms with E-state index in [9.17, 15) is 14.0 Å². The zero-order valence-electron chi connectivity index (χ0n) is 10.7. The predicted molar refractivity (Wildman–Crippen MR) is 73.8 cm³/mol. The molecular formula is C13H16FNO4S. The molecule has 1 rings (SSSR count). The number of aliphatic hydroxyl groups excluding tert-OH is 1. The van der Waals surface area contributed by atoms with Gasteiger partial charge in [0.15, 0.2) is 0 Å². The molecule has 1 atom stereocenters. The van der Waals surface area contributed by atoms with Crippen LogP contribution in [-0.2, 0) is 15.3 Å². The summed E-state index contributed by atoms with van der Waals surface area (Å²) in [6, 6.07) is 4.88. The summed E-state index contributed by atoms with van der Waals surface area (Å²) >= 11 is 1.30. The fourth-order valence-electron chi connectivity index (χ4n) is 1.46. The molecule has 0 saturated heterocycles. The molecule has 5 nitrogen and oxygen atoms in total. The van der Waals surface area contributed by atoms with Crippen LogP contribution in [-0.4, -0.2) is 40.5 Å². The first-order chi connectivity index (χ1) is 9.52. The Labute approximate surface area is 120 Å². The second-order valence-electron chi connectivity index (χ2n) is 4.09. The Hall–Kier alpha value is -1.60. The molecule has 3 N–H and O–H groups in total. The fourth-order valence-corrected chi connectivity index (χ4v) is 2.26. The van der Waals surface area contributed by atoms with Crippen LogP contribution in [0.15, 0.2) is 24.3 Å². The Morgan fingerprint density at radius 1 is 1.30 bits per heavy atom. The number of hydrogen-bond acceptors (Lipinski definition) is 4. The number of carboxylic acids is 1. The van der Waals surface area contributed by atoms with Gasteiger partial charge >= 0.3 is 5.97 Å². The lowest BCUT2D eigenvalue weighted by atomic mass is 10.2. The van der Waals surface area contributed by atoms with Gasteiger partial charge in [0.1, 0.15) is 11.9 Å². The molecule has 1 amide bonds.